The Morgan fingerprint density at radius 1 is 1.57 bits per heavy atom. The Morgan fingerprint density at radius 3 is 2.64 bits per heavy atom. The maximum absolute atomic E-state index is 12.5. The number of carboxylic acids is 1. The number of nitrogens with one attached hydrogen (secondary N) is 1. The highest BCUT2D eigenvalue weighted by atomic mass is 19.3. The van der Waals surface area contributed by atoms with E-state index in [4.69, 9.17) is 5.11 Å². The summed E-state index contributed by atoms with van der Waals surface area (Å²) in [5.41, 5.74) is 0. The van der Waals surface area contributed by atoms with Gasteiger partial charge in [-0.1, -0.05) is 13.3 Å². The molecule has 1 aliphatic carbocycles. The molecule has 14 heavy (non-hydrogen) atoms. The van der Waals surface area contributed by atoms with Crippen LogP contribution in [-0.4, -0.2) is 30.1 Å². The molecule has 0 aromatic carbocycles. The molecule has 0 aromatic rings. The van der Waals surface area contributed by atoms with E-state index in [0.29, 0.717) is 18.4 Å². The summed E-state index contributed by atoms with van der Waals surface area (Å²) in [4.78, 5) is 10.0. The number of carbonyl (C=O) groups is 1. The van der Waals surface area contributed by atoms with Crippen molar-refractivity contribution in [3.05, 3.63) is 0 Å². The first-order chi connectivity index (χ1) is 6.47. The normalized spacial score (nSPS) is 26.2. The summed E-state index contributed by atoms with van der Waals surface area (Å²) in [6, 6.07) is 0. The Hall–Kier alpha value is -0.710. The van der Waals surface area contributed by atoms with E-state index in [9.17, 15) is 13.6 Å². The van der Waals surface area contributed by atoms with E-state index in [-0.39, 0.29) is 0 Å². The summed E-state index contributed by atoms with van der Waals surface area (Å²) in [6.07, 6.45) is 2.14. The van der Waals surface area contributed by atoms with E-state index in [1.807, 2.05) is 0 Å². The highest BCUT2D eigenvalue weighted by molar-refractivity contribution is 5.75. The molecule has 0 heterocycles. The number of hydrogen-bond donors (Lipinski definition) is 2. The molecule has 0 bridgehead atoms. The average Bonchev–Trinajstić information content (AvgIpc) is 2.83. The minimum Gasteiger partial charge on any atom is -0.477 e. The fourth-order valence-electron chi connectivity index (χ4n) is 1.55. The van der Waals surface area contributed by atoms with Gasteiger partial charge in [0.2, 0.25) is 0 Å². The Morgan fingerprint density at radius 2 is 2.21 bits per heavy atom. The van der Waals surface area contributed by atoms with Crippen LogP contribution in [0.15, 0.2) is 0 Å². The number of hydrogen-bond acceptors (Lipinski definition) is 2. The third kappa shape index (κ3) is 2.90. The highest BCUT2D eigenvalue weighted by Gasteiger charge is 2.40. The van der Waals surface area contributed by atoms with Crippen molar-refractivity contribution in [2.24, 2.45) is 11.8 Å². The molecule has 82 valence electrons. The zero-order valence-corrected chi connectivity index (χ0v) is 8.09. The van der Waals surface area contributed by atoms with Crippen LogP contribution in [-0.2, 0) is 4.79 Å². The Labute approximate surface area is 81.5 Å². The highest BCUT2D eigenvalue weighted by Crippen LogP contribution is 2.40. The second-order valence-electron chi connectivity index (χ2n) is 3.80. The molecule has 5 heteroatoms. The van der Waals surface area contributed by atoms with Crippen molar-refractivity contribution in [3.63, 3.8) is 0 Å². The molecule has 1 fully saturated rings. The van der Waals surface area contributed by atoms with Crippen LogP contribution in [0.5, 0.6) is 0 Å². The first-order valence-corrected chi connectivity index (χ1v) is 4.79. The summed E-state index contributed by atoms with van der Waals surface area (Å²) in [6.45, 7) is 1.80. The van der Waals surface area contributed by atoms with Crippen LogP contribution >= 0.6 is 0 Å². The average molecular weight is 207 g/mol. The van der Waals surface area contributed by atoms with Gasteiger partial charge in [-0.3, -0.25) is 0 Å². The van der Waals surface area contributed by atoms with Crippen molar-refractivity contribution >= 4 is 5.97 Å². The van der Waals surface area contributed by atoms with Gasteiger partial charge in [0.15, 0.2) is 0 Å². The smallest absolute Gasteiger partial charge is 0.375 e. The van der Waals surface area contributed by atoms with Crippen LogP contribution < -0.4 is 5.32 Å². The Balaban J connectivity index is 2.13. The quantitative estimate of drug-likeness (QED) is 0.691. The number of alkyl halides is 2. The summed E-state index contributed by atoms with van der Waals surface area (Å²) in [5.74, 6) is -4.60. The topological polar surface area (TPSA) is 49.3 Å². The molecule has 1 rings (SSSR count). The van der Waals surface area contributed by atoms with Crippen molar-refractivity contribution in [1.29, 1.82) is 0 Å². The summed E-state index contributed by atoms with van der Waals surface area (Å²) < 4.78 is 25.1. The van der Waals surface area contributed by atoms with Gasteiger partial charge in [0.1, 0.15) is 0 Å². The number of halogens is 2. The molecular weight excluding hydrogens is 192 g/mol. The van der Waals surface area contributed by atoms with Crippen molar-refractivity contribution < 1.29 is 18.7 Å². The molecule has 1 saturated carbocycles. The predicted octanol–water partition coefficient (Wildman–Crippen LogP) is 1.34. The molecule has 0 aromatic heterocycles. The molecule has 0 saturated heterocycles. The molecule has 0 unspecified atom stereocenters. The largest absolute Gasteiger partial charge is 0.477 e. The van der Waals surface area contributed by atoms with Gasteiger partial charge in [-0.15, -0.1) is 0 Å². The van der Waals surface area contributed by atoms with Gasteiger partial charge >= 0.3 is 11.9 Å². The zero-order chi connectivity index (χ0) is 10.8. The second kappa shape index (κ2) is 4.21. The van der Waals surface area contributed by atoms with Crippen LogP contribution in [0, 0.1) is 11.8 Å². The Bertz CT molecular complexity index is 221. The van der Waals surface area contributed by atoms with Crippen molar-refractivity contribution in [1.82, 2.24) is 5.32 Å². The molecular formula is C9H15F2NO2. The van der Waals surface area contributed by atoms with Gasteiger partial charge in [-0.05, 0) is 24.8 Å². The molecule has 3 nitrogen and oxygen atoms in total. The van der Waals surface area contributed by atoms with Crippen LogP contribution in [0.3, 0.4) is 0 Å². The minimum absolute atomic E-state index is 0.463. The van der Waals surface area contributed by atoms with Crippen molar-refractivity contribution in [3.8, 4) is 0 Å². The van der Waals surface area contributed by atoms with Gasteiger partial charge in [0.05, 0.1) is 6.54 Å². The van der Waals surface area contributed by atoms with Crippen LogP contribution in [0.2, 0.25) is 0 Å². The van der Waals surface area contributed by atoms with Crippen molar-refractivity contribution in [2.45, 2.75) is 25.7 Å². The minimum atomic E-state index is -3.64. The van der Waals surface area contributed by atoms with E-state index in [0.717, 1.165) is 12.8 Å². The predicted molar refractivity (Wildman–Crippen MR) is 47.3 cm³/mol. The number of rotatable bonds is 6. The first-order valence-electron chi connectivity index (χ1n) is 4.79. The lowest BCUT2D eigenvalue weighted by molar-refractivity contribution is -0.164. The van der Waals surface area contributed by atoms with Crippen molar-refractivity contribution in [2.75, 3.05) is 13.1 Å². The molecule has 2 atom stereocenters. The summed E-state index contributed by atoms with van der Waals surface area (Å²) >= 11 is 0. The van der Waals surface area contributed by atoms with Gasteiger partial charge in [-0.25, -0.2) is 4.79 Å². The maximum Gasteiger partial charge on any atom is 0.375 e. The lowest BCUT2D eigenvalue weighted by Crippen LogP contribution is -2.40. The monoisotopic (exact) mass is 207 g/mol. The SMILES string of the molecule is CC[C@@H]1C[C@H]1CNCC(F)(F)C(=O)O. The first kappa shape index (κ1) is 11.4. The van der Waals surface area contributed by atoms with E-state index >= 15 is 0 Å². The third-order valence-corrected chi connectivity index (χ3v) is 2.66. The standard InChI is InChI=1S/C9H15F2NO2/c1-2-6-3-7(6)4-12-5-9(10,11)8(13)14/h6-7,12H,2-5H2,1H3,(H,13,14)/t6-,7+/m1/s1. The van der Waals surface area contributed by atoms with Crippen LogP contribution in [0.25, 0.3) is 0 Å². The van der Waals surface area contributed by atoms with Gasteiger partial charge in [0.25, 0.3) is 0 Å². The zero-order valence-electron chi connectivity index (χ0n) is 8.09. The molecule has 0 aliphatic heterocycles. The van der Waals surface area contributed by atoms with Crippen LogP contribution in [0.1, 0.15) is 19.8 Å². The molecule has 0 amide bonds. The lowest BCUT2D eigenvalue weighted by atomic mass is 10.2. The van der Waals surface area contributed by atoms with Gasteiger partial charge in [-0.2, -0.15) is 8.78 Å². The summed E-state index contributed by atoms with van der Waals surface area (Å²) in [5, 5.41) is 10.6. The van der Waals surface area contributed by atoms with E-state index < -0.39 is 18.4 Å². The lowest BCUT2D eigenvalue weighted by Gasteiger charge is -2.11. The maximum atomic E-state index is 12.5. The molecule has 2 N–H and O–H groups in total. The summed E-state index contributed by atoms with van der Waals surface area (Å²) in [7, 11) is 0. The third-order valence-electron chi connectivity index (χ3n) is 2.66. The van der Waals surface area contributed by atoms with Crippen LogP contribution in [0.4, 0.5) is 8.78 Å². The number of aliphatic carboxylic acids is 1. The van der Waals surface area contributed by atoms with E-state index in [2.05, 4.69) is 12.2 Å². The number of carboxylic acid groups (broad SMARTS) is 1. The molecule has 0 radical (unpaired) electrons. The van der Waals surface area contributed by atoms with Gasteiger partial charge < -0.3 is 10.4 Å². The van der Waals surface area contributed by atoms with E-state index in [1.54, 1.807) is 0 Å². The second-order valence-corrected chi connectivity index (χ2v) is 3.80. The Kier molecular flexibility index (Phi) is 3.42. The fourth-order valence-corrected chi connectivity index (χ4v) is 1.55. The van der Waals surface area contributed by atoms with Gasteiger partial charge in [0, 0.05) is 0 Å². The van der Waals surface area contributed by atoms with E-state index in [1.165, 1.54) is 0 Å². The fraction of sp³-hybridized carbons (Fsp3) is 0.889. The molecule has 1 aliphatic rings. The molecule has 0 spiro atoms.